The van der Waals surface area contributed by atoms with Crippen molar-refractivity contribution < 1.29 is 18.8 Å². The molecule has 0 radical (unpaired) electrons. The van der Waals surface area contributed by atoms with Crippen LogP contribution in [-0.4, -0.2) is 27.2 Å². The van der Waals surface area contributed by atoms with Crippen LogP contribution in [0.1, 0.15) is 17.6 Å². The number of allylic oxidation sites excluding steroid dienone is 1. The number of aliphatic imine (C=N–C) groups is 1. The molecule has 3 heterocycles. The molecule has 27 heavy (non-hydrogen) atoms. The number of ether oxygens (including phenoxy) is 2. The van der Waals surface area contributed by atoms with Gasteiger partial charge in [-0.05, 0) is 24.3 Å². The Bertz CT molecular complexity index is 998. The van der Waals surface area contributed by atoms with Gasteiger partial charge in [-0.2, -0.15) is 4.98 Å². The molecule has 1 atom stereocenters. The predicted octanol–water partition coefficient (Wildman–Crippen LogP) is 3.09. The molecule has 134 valence electrons. The highest BCUT2D eigenvalue weighted by Gasteiger charge is 2.24. The van der Waals surface area contributed by atoms with Gasteiger partial charge in [-0.1, -0.05) is 23.4 Å². The molecule has 2 aromatic heterocycles. The van der Waals surface area contributed by atoms with Gasteiger partial charge >= 0.3 is 0 Å². The zero-order valence-electron chi connectivity index (χ0n) is 14.1. The Morgan fingerprint density at radius 3 is 2.89 bits per heavy atom. The number of hydrogen-bond donors (Lipinski definition) is 0. The van der Waals surface area contributed by atoms with Gasteiger partial charge in [0, 0.05) is 24.5 Å². The fraction of sp³-hybridized carbons (Fsp3) is 0.105. The van der Waals surface area contributed by atoms with Crippen molar-refractivity contribution in [2.75, 3.05) is 0 Å². The fourth-order valence-electron chi connectivity index (χ4n) is 2.39. The highest BCUT2D eigenvalue weighted by Crippen LogP contribution is 2.24. The highest BCUT2D eigenvalue weighted by molar-refractivity contribution is 5.96. The Kier molecular flexibility index (Phi) is 4.69. The molecule has 0 aliphatic carbocycles. The SMILES string of the molecule is O=C1N=CC=CC1c1noc(COc2cccc(Oc3ccccn3)c2)n1. The van der Waals surface area contributed by atoms with Gasteiger partial charge in [0.25, 0.3) is 11.8 Å². The molecule has 1 aliphatic rings. The van der Waals surface area contributed by atoms with E-state index in [4.69, 9.17) is 14.0 Å². The first-order valence-electron chi connectivity index (χ1n) is 8.17. The minimum absolute atomic E-state index is 0.0634. The monoisotopic (exact) mass is 362 g/mol. The largest absolute Gasteiger partial charge is 0.484 e. The Hall–Kier alpha value is -3.81. The van der Waals surface area contributed by atoms with E-state index in [1.807, 2.05) is 12.1 Å². The van der Waals surface area contributed by atoms with Crippen LogP contribution >= 0.6 is 0 Å². The molecule has 3 aromatic rings. The minimum atomic E-state index is -0.623. The third-order valence-electron chi connectivity index (χ3n) is 3.65. The molecule has 1 aromatic carbocycles. The van der Waals surface area contributed by atoms with E-state index in [1.165, 1.54) is 6.21 Å². The maximum atomic E-state index is 11.7. The summed E-state index contributed by atoms with van der Waals surface area (Å²) in [6.45, 7) is 0.0634. The summed E-state index contributed by atoms with van der Waals surface area (Å²) in [7, 11) is 0. The van der Waals surface area contributed by atoms with Crippen LogP contribution in [0.2, 0.25) is 0 Å². The summed E-state index contributed by atoms with van der Waals surface area (Å²) >= 11 is 0. The molecule has 0 bridgehead atoms. The number of pyridine rings is 1. The molecule has 0 saturated carbocycles. The normalized spacial score (nSPS) is 15.7. The zero-order valence-corrected chi connectivity index (χ0v) is 14.1. The van der Waals surface area contributed by atoms with Crippen molar-refractivity contribution in [3.05, 3.63) is 72.5 Å². The smallest absolute Gasteiger partial charge is 0.264 e. The van der Waals surface area contributed by atoms with Gasteiger partial charge < -0.3 is 14.0 Å². The molecule has 8 nitrogen and oxygen atoms in total. The van der Waals surface area contributed by atoms with E-state index in [2.05, 4.69) is 20.1 Å². The van der Waals surface area contributed by atoms with Crippen LogP contribution in [0.3, 0.4) is 0 Å². The average molecular weight is 362 g/mol. The zero-order chi connectivity index (χ0) is 18.5. The van der Waals surface area contributed by atoms with Crippen molar-refractivity contribution in [2.24, 2.45) is 4.99 Å². The van der Waals surface area contributed by atoms with E-state index in [0.717, 1.165) is 0 Å². The Morgan fingerprint density at radius 2 is 2.04 bits per heavy atom. The van der Waals surface area contributed by atoms with Crippen LogP contribution < -0.4 is 9.47 Å². The van der Waals surface area contributed by atoms with Crippen molar-refractivity contribution in [3.63, 3.8) is 0 Å². The number of carbonyl (C=O) groups excluding carboxylic acids is 1. The summed E-state index contributed by atoms with van der Waals surface area (Å²) < 4.78 is 16.5. The van der Waals surface area contributed by atoms with Crippen LogP contribution in [0.4, 0.5) is 0 Å². The number of carbonyl (C=O) groups is 1. The van der Waals surface area contributed by atoms with Crippen LogP contribution in [0.5, 0.6) is 17.4 Å². The van der Waals surface area contributed by atoms with E-state index in [-0.39, 0.29) is 24.2 Å². The van der Waals surface area contributed by atoms with Crippen LogP contribution in [0, 0.1) is 0 Å². The van der Waals surface area contributed by atoms with Crippen molar-refractivity contribution in [1.82, 2.24) is 15.1 Å². The van der Waals surface area contributed by atoms with E-state index in [0.29, 0.717) is 17.4 Å². The average Bonchev–Trinajstić information content (AvgIpc) is 3.17. The second-order valence-electron chi connectivity index (χ2n) is 5.56. The van der Waals surface area contributed by atoms with Gasteiger partial charge in [0.2, 0.25) is 5.88 Å². The van der Waals surface area contributed by atoms with E-state index >= 15 is 0 Å². The first-order valence-corrected chi connectivity index (χ1v) is 8.17. The number of dihydropyridines is 1. The van der Waals surface area contributed by atoms with Gasteiger partial charge in [-0.15, -0.1) is 0 Å². The van der Waals surface area contributed by atoms with E-state index in [9.17, 15) is 4.79 Å². The maximum absolute atomic E-state index is 11.7. The van der Waals surface area contributed by atoms with Crippen LogP contribution in [-0.2, 0) is 11.4 Å². The van der Waals surface area contributed by atoms with Crippen molar-refractivity contribution in [1.29, 1.82) is 0 Å². The third kappa shape index (κ3) is 4.06. The second kappa shape index (κ2) is 7.61. The summed E-state index contributed by atoms with van der Waals surface area (Å²) in [4.78, 5) is 23.8. The number of aromatic nitrogens is 3. The number of rotatable bonds is 6. The number of benzene rings is 1. The molecule has 1 aliphatic heterocycles. The first-order chi connectivity index (χ1) is 13.3. The lowest BCUT2D eigenvalue weighted by molar-refractivity contribution is -0.118. The number of hydrogen-bond acceptors (Lipinski definition) is 7. The standard InChI is InChI=1S/C19H14N4O4/c24-19-15(7-4-10-21-19)18-22-17(27-23-18)12-25-13-5-3-6-14(11-13)26-16-8-1-2-9-20-16/h1-11,15H,12H2. The Labute approximate surface area is 154 Å². The molecular formula is C19H14N4O4. The third-order valence-corrected chi connectivity index (χ3v) is 3.65. The van der Waals surface area contributed by atoms with Gasteiger partial charge in [-0.3, -0.25) is 4.79 Å². The van der Waals surface area contributed by atoms with Crippen LogP contribution in [0.25, 0.3) is 0 Å². The highest BCUT2D eigenvalue weighted by atomic mass is 16.5. The van der Waals surface area contributed by atoms with Gasteiger partial charge in [-0.25, -0.2) is 9.98 Å². The molecule has 8 heteroatoms. The van der Waals surface area contributed by atoms with Crippen molar-refractivity contribution in [3.8, 4) is 17.4 Å². The van der Waals surface area contributed by atoms with E-state index in [1.54, 1.807) is 48.7 Å². The molecule has 0 N–H and O–H groups in total. The summed E-state index contributed by atoms with van der Waals surface area (Å²) in [5, 5.41) is 3.83. The lowest BCUT2D eigenvalue weighted by Crippen LogP contribution is -2.12. The molecule has 0 spiro atoms. The minimum Gasteiger partial charge on any atom is -0.484 e. The topological polar surface area (TPSA) is 99.7 Å². The van der Waals surface area contributed by atoms with Gasteiger partial charge in [0.1, 0.15) is 17.4 Å². The molecule has 1 unspecified atom stereocenters. The van der Waals surface area contributed by atoms with Crippen molar-refractivity contribution in [2.45, 2.75) is 12.5 Å². The number of amides is 1. The van der Waals surface area contributed by atoms with Gasteiger partial charge in [0.05, 0.1) is 0 Å². The molecule has 0 saturated heterocycles. The van der Waals surface area contributed by atoms with Crippen LogP contribution in [0.15, 0.2) is 70.3 Å². The molecular weight excluding hydrogens is 348 g/mol. The maximum Gasteiger partial charge on any atom is 0.264 e. The summed E-state index contributed by atoms with van der Waals surface area (Å²) in [5.74, 6) is 1.22. The summed E-state index contributed by atoms with van der Waals surface area (Å²) in [5.41, 5.74) is 0. The predicted molar refractivity (Wildman–Crippen MR) is 94.8 cm³/mol. The number of nitrogens with zero attached hydrogens (tertiary/aromatic N) is 4. The van der Waals surface area contributed by atoms with Gasteiger partial charge in [0.15, 0.2) is 12.4 Å². The lowest BCUT2D eigenvalue weighted by atomic mass is 10.1. The first kappa shape index (κ1) is 16.6. The molecule has 4 rings (SSSR count). The quantitative estimate of drug-likeness (QED) is 0.664. The second-order valence-corrected chi connectivity index (χ2v) is 5.56. The Morgan fingerprint density at radius 1 is 1.11 bits per heavy atom. The summed E-state index contributed by atoms with van der Waals surface area (Å²) in [6.07, 6.45) is 6.43. The lowest BCUT2D eigenvalue weighted by Gasteiger charge is -2.07. The summed E-state index contributed by atoms with van der Waals surface area (Å²) in [6, 6.07) is 12.5. The van der Waals surface area contributed by atoms with Crippen molar-refractivity contribution >= 4 is 12.1 Å². The fourth-order valence-corrected chi connectivity index (χ4v) is 2.39. The Balaban J connectivity index is 1.39. The van der Waals surface area contributed by atoms with E-state index < -0.39 is 5.92 Å². The molecule has 0 fully saturated rings. The molecule has 1 amide bonds.